The molecule has 5 nitrogen and oxygen atoms in total. The number of rotatable bonds is 7. The van der Waals surface area contributed by atoms with Gasteiger partial charge in [0.2, 0.25) is 11.8 Å². The molecule has 2 amide bonds. The van der Waals surface area contributed by atoms with E-state index in [2.05, 4.69) is 10.3 Å². The molecule has 0 unspecified atom stereocenters. The molecule has 29 heavy (non-hydrogen) atoms. The van der Waals surface area contributed by atoms with Gasteiger partial charge in [0.15, 0.2) is 0 Å². The highest BCUT2D eigenvalue weighted by Gasteiger charge is 2.38. The van der Waals surface area contributed by atoms with Crippen molar-refractivity contribution in [3.63, 3.8) is 0 Å². The summed E-state index contributed by atoms with van der Waals surface area (Å²) in [7, 11) is 0. The van der Waals surface area contributed by atoms with Crippen LogP contribution in [0.5, 0.6) is 0 Å². The molecule has 2 aromatic carbocycles. The number of carbonyl (C=O) groups excluding carboxylic acids is 2. The quantitative estimate of drug-likeness (QED) is 0.589. The van der Waals surface area contributed by atoms with Gasteiger partial charge in [0, 0.05) is 12.6 Å². The Bertz CT molecular complexity index is 937. The first kappa shape index (κ1) is 20.6. The van der Waals surface area contributed by atoms with E-state index in [0.717, 1.165) is 16.7 Å². The van der Waals surface area contributed by atoms with E-state index in [4.69, 9.17) is 17.3 Å². The lowest BCUT2D eigenvalue weighted by Crippen LogP contribution is -2.52. The highest BCUT2D eigenvalue weighted by molar-refractivity contribution is 6.29. The standard InChI is InChI=1S/C23H22ClN3O2/c1-23(17-8-4-2-5-9-17,18-10-6-3-7-11-18)22(29)27-19(21(25)28)14-16-12-13-20(24)26-15-16/h2-13,15,19H,14H2,1H3,(H2,25,28)(H,27,29)/t19-/m1/s1. The van der Waals surface area contributed by atoms with Crippen LogP contribution in [0.15, 0.2) is 79.0 Å². The number of carbonyl (C=O) groups is 2. The summed E-state index contributed by atoms with van der Waals surface area (Å²) in [5.41, 5.74) is 6.98. The van der Waals surface area contributed by atoms with Gasteiger partial charge in [-0.25, -0.2) is 4.98 Å². The maximum Gasteiger partial charge on any atom is 0.240 e. The predicted molar refractivity (Wildman–Crippen MR) is 113 cm³/mol. The molecule has 3 aromatic rings. The molecule has 6 heteroatoms. The van der Waals surface area contributed by atoms with Crippen molar-refractivity contribution in [2.24, 2.45) is 5.73 Å². The summed E-state index contributed by atoms with van der Waals surface area (Å²) in [5, 5.41) is 3.20. The number of pyridine rings is 1. The Labute approximate surface area is 174 Å². The highest BCUT2D eigenvalue weighted by atomic mass is 35.5. The van der Waals surface area contributed by atoms with Crippen molar-refractivity contribution in [1.82, 2.24) is 10.3 Å². The molecule has 0 aliphatic carbocycles. The average Bonchev–Trinajstić information content (AvgIpc) is 2.75. The second-order valence-corrected chi connectivity index (χ2v) is 7.37. The van der Waals surface area contributed by atoms with Crippen LogP contribution in [0.3, 0.4) is 0 Å². The molecule has 1 aromatic heterocycles. The van der Waals surface area contributed by atoms with Gasteiger partial charge in [-0.1, -0.05) is 78.3 Å². The Balaban J connectivity index is 1.92. The van der Waals surface area contributed by atoms with Gasteiger partial charge < -0.3 is 11.1 Å². The van der Waals surface area contributed by atoms with Gasteiger partial charge in [0.25, 0.3) is 0 Å². The maximum absolute atomic E-state index is 13.5. The van der Waals surface area contributed by atoms with Crippen LogP contribution in [0, 0.1) is 0 Å². The summed E-state index contributed by atoms with van der Waals surface area (Å²) in [5.74, 6) is -0.919. The van der Waals surface area contributed by atoms with Crippen molar-refractivity contribution in [2.75, 3.05) is 0 Å². The monoisotopic (exact) mass is 407 g/mol. The molecular weight excluding hydrogens is 386 g/mol. The van der Waals surface area contributed by atoms with Crippen molar-refractivity contribution in [2.45, 2.75) is 24.8 Å². The lowest BCUT2D eigenvalue weighted by molar-refractivity contribution is -0.129. The van der Waals surface area contributed by atoms with Gasteiger partial charge >= 0.3 is 0 Å². The first-order valence-corrected chi connectivity index (χ1v) is 9.61. The van der Waals surface area contributed by atoms with Crippen LogP contribution in [-0.4, -0.2) is 22.8 Å². The molecule has 1 atom stereocenters. The Hall–Kier alpha value is -3.18. The molecule has 1 heterocycles. The summed E-state index contributed by atoms with van der Waals surface area (Å²) < 4.78 is 0. The number of nitrogens with zero attached hydrogens (tertiary/aromatic N) is 1. The van der Waals surface area contributed by atoms with Crippen LogP contribution in [0.25, 0.3) is 0 Å². The van der Waals surface area contributed by atoms with Crippen molar-refractivity contribution < 1.29 is 9.59 Å². The van der Waals surface area contributed by atoms with E-state index in [1.165, 1.54) is 0 Å². The topological polar surface area (TPSA) is 85.1 Å². The third-order valence-electron chi connectivity index (χ3n) is 5.03. The summed E-state index contributed by atoms with van der Waals surface area (Å²) in [6, 6.07) is 21.4. The lowest BCUT2D eigenvalue weighted by Gasteiger charge is -2.31. The number of hydrogen-bond acceptors (Lipinski definition) is 3. The summed E-state index contributed by atoms with van der Waals surface area (Å²) >= 11 is 5.82. The Kier molecular flexibility index (Phi) is 6.29. The third kappa shape index (κ3) is 4.63. The number of nitrogens with two attached hydrogens (primary N) is 1. The minimum Gasteiger partial charge on any atom is -0.368 e. The molecule has 0 aliphatic rings. The number of primary amides is 1. The van der Waals surface area contributed by atoms with Crippen molar-refractivity contribution in [3.05, 3.63) is 101 Å². The van der Waals surface area contributed by atoms with Gasteiger partial charge in [0.05, 0.1) is 5.41 Å². The zero-order chi connectivity index (χ0) is 20.9. The van der Waals surface area contributed by atoms with Gasteiger partial charge in [0.1, 0.15) is 11.2 Å². The van der Waals surface area contributed by atoms with E-state index in [1.54, 1.807) is 18.3 Å². The molecule has 148 valence electrons. The van der Waals surface area contributed by atoms with Crippen LogP contribution in [-0.2, 0) is 21.4 Å². The van der Waals surface area contributed by atoms with E-state index < -0.39 is 17.4 Å². The van der Waals surface area contributed by atoms with E-state index in [1.807, 2.05) is 67.6 Å². The summed E-state index contributed by atoms with van der Waals surface area (Å²) in [4.78, 5) is 29.6. The van der Waals surface area contributed by atoms with Crippen molar-refractivity contribution in [1.29, 1.82) is 0 Å². The number of halogens is 1. The first-order chi connectivity index (χ1) is 13.9. The third-order valence-corrected chi connectivity index (χ3v) is 5.26. The number of nitrogens with one attached hydrogen (secondary N) is 1. The Morgan fingerprint density at radius 2 is 1.55 bits per heavy atom. The Morgan fingerprint density at radius 3 is 2.00 bits per heavy atom. The second kappa shape index (κ2) is 8.88. The van der Waals surface area contributed by atoms with Crippen LogP contribution in [0.4, 0.5) is 0 Å². The molecular formula is C23H22ClN3O2. The normalized spacial score (nSPS) is 12.2. The van der Waals surface area contributed by atoms with Crippen LogP contribution in [0.1, 0.15) is 23.6 Å². The van der Waals surface area contributed by atoms with E-state index in [-0.39, 0.29) is 12.3 Å². The van der Waals surface area contributed by atoms with Crippen LogP contribution < -0.4 is 11.1 Å². The second-order valence-electron chi connectivity index (χ2n) is 6.98. The number of hydrogen-bond donors (Lipinski definition) is 2. The molecule has 0 fully saturated rings. The smallest absolute Gasteiger partial charge is 0.240 e. The molecule has 0 bridgehead atoms. The minimum absolute atomic E-state index is 0.227. The predicted octanol–water partition coefficient (Wildman–Crippen LogP) is 3.25. The first-order valence-electron chi connectivity index (χ1n) is 9.23. The maximum atomic E-state index is 13.5. The van der Waals surface area contributed by atoms with Gasteiger partial charge in [-0.2, -0.15) is 0 Å². The van der Waals surface area contributed by atoms with Crippen LogP contribution in [0.2, 0.25) is 5.15 Å². The molecule has 0 spiro atoms. The number of aromatic nitrogens is 1. The largest absolute Gasteiger partial charge is 0.368 e. The Morgan fingerprint density at radius 1 is 1.00 bits per heavy atom. The highest BCUT2D eigenvalue weighted by Crippen LogP contribution is 2.32. The summed E-state index contributed by atoms with van der Waals surface area (Å²) in [6.45, 7) is 1.84. The molecule has 0 radical (unpaired) electrons. The van der Waals surface area contributed by atoms with Gasteiger partial charge in [-0.15, -0.1) is 0 Å². The van der Waals surface area contributed by atoms with Gasteiger partial charge in [-0.3, -0.25) is 9.59 Å². The molecule has 0 saturated carbocycles. The number of amides is 2. The zero-order valence-corrected chi connectivity index (χ0v) is 16.8. The van der Waals surface area contributed by atoms with E-state index >= 15 is 0 Å². The fourth-order valence-electron chi connectivity index (χ4n) is 3.26. The van der Waals surface area contributed by atoms with Crippen LogP contribution >= 0.6 is 11.6 Å². The average molecular weight is 408 g/mol. The molecule has 3 N–H and O–H groups in total. The SMILES string of the molecule is CC(C(=O)N[C@H](Cc1ccc(Cl)nc1)C(N)=O)(c1ccccc1)c1ccccc1. The van der Waals surface area contributed by atoms with E-state index in [9.17, 15) is 9.59 Å². The fourth-order valence-corrected chi connectivity index (χ4v) is 3.37. The van der Waals surface area contributed by atoms with Crippen molar-refractivity contribution in [3.8, 4) is 0 Å². The zero-order valence-electron chi connectivity index (χ0n) is 16.0. The fraction of sp³-hybridized carbons (Fsp3) is 0.174. The minimum atomic E-state index is -0.992. The molecule has 3 rings (SSSR count). The number of benzene rings is 2. The molecule has 0 aliphatic heterocycles. The summed E-state index contributed by atoms with van der Waals surface area (Å²) in [6.07, 6.45) is 1.79. The lowest BCUT2D eigenvalue weighted by atomic mass is 9.75. The van der Waals surface area contributed by atoms with E-state index in [0.29, 0.717) is 5.15 Å². The van der Waals surface area contributed by atoms with Gasteiger partial charge in [-0.05, 0) is 29.7 Å². The van der Waals surface area contributed by atoms with Crippen molar-refractivity contribution >= 4 is 23.4 Å². The molecule has 0 saturated heterocycles.